The van der Waals surface area contributed by atoms with Gasteiger partial charge in [0.15, 0.2) is 0 Å². The second kappa shape index (κ2) is 6.67. The fraction of sp³-hybridized carbons (Fsp3) is 0.200. The summed E-state index contributed by atoms with van der Waals surface area (Å²) in [6, 6.07) is 11.9. The van der Waals surface area contributed by atoms with Crippen molar-refractivity contribution in [1.29, 1.82) is 0 Å². The predicted molar refractivity (Wildman–Crippen MR) is 73.5 cm³/mol. The lowest BCUT2D eigenvalue weighted by molar-refractivity contribution is 0.299. The van der Waals surface area contributed by atoms with Crippen molar-refractivity contribution in [2.45, 2.75) is 6.42 Å². The molecule has 0 amide bonds. The summed E-state index contributed by atoms with van der Waals surface area (Å²) in [5.74, 6) is 0.857. The van der Waals surface area contributed by atoms with Crippen molar-refractivity contribution in [1.82, 2.24) is 0 Å². The third-order valence-corrected chi connectivity index (χ3v) is 2.60. The summed E-state index contributed by atoms with van der Waals surface area (Å²) < 4.78 is 5.19. The fourth-order valence-corrected chi connectivity index (χ4v) is 1.66. The maximum absolute atomic E-state index is 8.82. The molecule has 0 fully saturated rings. The molecule has 3 nitrogen and oxygen atoms in total. The lowest BCUT2D eigenvalue weighted by Gasteiger charge is -2.04. The lowest BCUT2D eigenvalue weighted by Crippen LogP contribution is -1.98. The quantitative estimate of drug-likeness (QED) is 0.820. The largest absolute Gasteiger partial charge is 0.465 e. The molecule has 2 aromatic rings. The molecule has 1 heterocycles. The Kier molecular flexibility index (Phi) is 4.61. The Hall–Kier alpha value is -2.00. The Morgan fingerprint density at radius 2 is 2.00 bits per heavy atom. The Morgan fingerprint density at radius 3 is 2.67 bits per heavy atom. The van der Waals surface area contributed by atoms with Gasteiger partial charge >= 0.3 is 0 Å². The minimum atomic E-state index is 0.193. The molecule has 1 aromatic carbocycles. The van der Waals surface area contributed by atoms with E-state index in [0.717, 1.165) is 23.6 Å². The van der Waals surface area contributed by atoms with E-state index >= 15 is 0 Å². The van der Waals surface area contributed by atoms with Crippen molar-refractivity contribution in [3.05, 3.63) is 60.1 Å². The van der Waals surface area contributed by atoms with Crippen molar-refractivity contribution in [2.75, 3.05) is 18.5 Å². The van der Waals surface area contributed by atoms with Crippen LogP contribution < -0.4 is 5.32 Å². The summed E-state index contributed by atoms with van der Waals surface area (Å²) in [5.41, 5.74) is 2.22. The van der Waals surface area contributed by atoms with E-state index in [1.165, 1.54) is 0 Å². The number of aliphatic hydroxyl groups excluding tert-OH is 1. The summed E-state index contributed by atoms with van der Waals surface area (Å²) in [6.45, 7) is 0.943. The summed E-state index contributed by atoms with van der Waals surface area (Å²) in [4.78, 5) is 0. The van der Waals surface area contributed by atoms with Crippen LogP contribution in [0.5, 0.6) is 0 Å². The maximum atomic E-state index is 8.82. The second-order valence-corrected chi connectivity index (χ2v) is 3.97. The van der Waals surface area contributed by atoms with Crippen molar-refractivity contribution >= 4 is 11.8 Å². The van der Waals surface area contributed by atoms with Gasteiger partial charge in [0.25, 0.3) is 0 Å². The van der Waals surface area contributed by atoms with Crippen molar-refractivity contribution in [2.24, 2.45) is 0 Å². The summed E-state index contributed by atoms with van der Waals surface area (Å²) >= 11 is 0. The van der Waals surface area contributed by atoms with Crippen LogP contribution in [0.1, 0.15) is 11.3 Å². The van der Waals surface area contributed by atoms with Crippen molar-refractivity contribution in [3.8, 4) is 0 Å². The number of hydrogen-bond acceptors (Lipinski definition) is 3. The molecule has 2 N–H and O–H groups in total. The van der Waals surface area contributed by atoms with Gasteiger partial charge in [0, 0.05) is 18.8 Å². The van der Waals surface area contributed by atoms with E-state index in [2.05, 4.69) is 5.32 Å². The standard InChI is InChI=1S/C15H17NO2/c17-11-9-13-5-7-14(8-6-13)16-10-1-3-15-4-2-12-18-15/h1-8,12,16-17H,9-11H2/b3-1+. The summed E-state index contributed by atoms with van der Waals surface area (Å²) in [6.07, 6.45) is 6.32. The van der Waals surface area contributed by atoms with Crippen LogP contribution in [0.3, 0.4) is 0 Å². The first-order valence-corrected chi connectivity index (χ1v) is 6.02. The molecule has 0 bridgehead atoms. The Labute approximate surface area is 107 Å². The number of furan rings is 1. The molecular formula is C15H17NO2. The minimum absolute atomic E-state index is 0.193. The zero-order valence-electron chi connectivity index (χ0n) is 10.2. The third-order valence-electron chi connectivity index (χ3n) is 2.60. The van der Waals surface area contributed by atoms with Gasteiger partial charge in [0.2, 0.25) is 0 Å². The SMILES string of the molecule is OCCc1ccc(NC/C=C/c2ccco2)cc1. The van der Waals surface area contributed by atoms with Crippen LogP contribution >= 0.6 is 0 Å². The highest BCUT2D eigenvalue weighted by atomic mass is 16.3. The van der Waals surface area contributed by atoms with Gasteiger partial charge in [-0.2, -0.15) is 0 Å². The number of aliphatic hydroxyl groups is 1. The number of anilines is 1. The van der Waals surface area contributed by atoms with Crippen LogP contribution in [0.15, 0.2) is 53.2 Å². The molecule has 0 saturated carbocycles. The Balaban J connectivity index is 1.79. The number of nitrogens with one attached hydrogen (secondary N) is 1. The summed E-state index contributed by atoms with van der Waals surface area (Å²) in [5, 5.41) is 12.1. The van der Waals surface area contributed by atoms with Gasteiger partial charge < -0.3 is 14.8 Å². The van der Waals surface area contributed by atoms with Crippen LogP contribution in [-0.4, -0.2) is 18.3 Å². The van der Waals surface area contributed by atoms with Crippen LogP contribution in [0.25, 0.3) is 6.08 Å². The molecule has 94 valence electrons. The Bertz CT molecular complexity index is 472. The molecule has 18 heavy (non-hydrogen) atoms. The lowest BCUT2D eigenvalue weighted by atomic mass is 10.1. The Morgan fingerprint density at radius 1 is 1.17 bits per heavy atom. The molecule has 0 saturated heterocycles. The second-order valence-electron chi connectivity index (χ2n) is 3.97. The van der Waals surface area contributed by atoms with E-state index in [9.17, 15) is 0 Å². The molecule has 0 aliphatic rings. The highest BCUT2D eigenvalue weighted by molar-refractivity contribution is 5.47. The van der Waals surface area contributed by atoms with E-state index in [1.807, 2.05) is 48.6 Å². The van der Waals surface area contributed by atoms with E-state index in [1.54, 1.807) is 6.26 Å². The molecule has 0 aliphatic carbocycles. The topological polar surface area (TPSA) is 45.4 Å². The van der Waals surface area contributed by atoms with E-state index in [0.29, 0.717) is 6.42 Å². The molecule has 0 aliphatic heterocycles. The van der Waals surface area contributed by atoms with Gasteiger partial charge in [-0.3, -0.25) is 0 Å². The minimum Gasteiger partial charge on any atom is -0.465 e. The molecule has 2 rings (SSSR count). The highest BCUT2D eigenvalue weighted by Crippen LogP contribution is 2.10. The molecular weight excluding hydrogens is 226 g/mol. The fourth-order valence-electron chi connectivity index (χ4n) is 1.66. The van der Waals surface area contributed by atoms with Crippen molar-refractivity contribution in [3.63, 3.8) is 0 Å². The number of benzene rings is 1. The van der Waals surface area contributed by atoms with Gasteiger partial charge in [-0.15, -0.1) is 0 Å². The molecule has 0 atom stereocenters. The van der Waals surface area contributed by atoms with Gasteiger partial charge in [-0.05, 0) is 42.3 Å². The average molecular weight is 243 g/mol. The molecule has 0 unspecified atom stereocenters. The predicted octanol–water partition coefficient (Wildman–Crippen LogP) is 2.94. The van der Waals surface area contributed by atoms with E-state index in [-0.39, 0.29) is 6.61 Å². The third kappa shape index (κ3) is 3.79. The van der Waals surface area contributed by atoms with E-state index < -0.39 is 0 Å². The zero-order valence-corrected chi connectivity index (χ0v) is 10.2. The first-order valence-electron chi connectivity index (χ1n) is 6.02. The van der Waals surface area contributed by atoms with Gasteiger partial charge in [0.1, 0.15) is 5.76 Å². The van der Waals surface area contributed by atoms with Crippen LogP contribution in [0.4, 0.5) is 5.69 Å². The number of hydrogen-bond donors (Lipinski definition) is 2. The van der Waals surface area contributed by atoms with Crippen molar-refractivity contribution < 1.29 is 9.52 Å². The smallest absolute Gasteiger partial charge is 0.126 e. The normalized spacial score (nSPS) is 10.9. The van der Waals surface area contributed by atoms with Gasteiger partial charge in [-0.25, -0.2) is 0 Å². The van der Waals surface area contributed by atoms with Crippen LogP contribution in [-0.2, 0) is 6.42 Å². The number of rotatable bonds is 6. The van der Waals surface area contributed by atoms with Crippen LogP contribution in [0.2, 0.25) is 0 Å². The monoisotopic (exact) mass is 243 g/mol. The molecule has 0 radical (unpaired) electrons. The van der Waals surface area contributed by atoms with Crippen LogP contribution in [0, 0.1) is 0 Å². The summed E-state index contributed by atoms with van der Waals surface area (Å²) in [7, 11) is 0. The molecule has 1 aromatic heterocycles. The molecule has 3 heteroatoms. The average Bonchev–Trinajstić information content (AvgIpc) is 2.90. The van der Waals surface area contributed by atoms with Gasteiger partial charge in [-0.1, -0.05) is 18.2 Å². The maximum Gasteiger partial charge on any atom is 0.126 e. The van der Waals surface area contributed by atoms with Gasteiger partial charge in [0.05, 0.1) is 6.26 Å². The highest BCUT2D eigenvalue weighted by Gasteiger charge is 1.93. The van der Waals surface area contributed by atoms with E-state index in [4.69, 9.17) is 9.52 Å². The first kappa shape index (κ1) is 12.5. The zero-order chi connectivity index (χ0) is 12.6. The first-order chi connectivity index (χ1) is 8.88. The molecule has 0 spiro atoms.